The molecule has 1 fully saturated rings. The van der Waals surface area contributed by atoms with Gasteiger partial charge in [0.1, 0.15) is 5.60 Å². The van der Waals surface area contributed by atoms with Crippen LogP contribution < -0.4 is 0 Å². The van der Waals surface area contributed by atoms with Gasteiger partial charge in [-0.25, -0.2) is 0 Å². The van der Waals surface area contributed by atoms with Crippen molar-refractivity contribution >= 4 is 5.91 Å². The molecule has 1 N–H and O–H groups in total. The Labute approximate surface area is 101 Å². The molecule has 92 valence electrons. The molecule has 0 unspecified atom stereocenters. The van der Waals surface area contributed by atoms with E-state index in [0.717, 1.165) is 18.5 Å². The molecule has 1 atom stereocenters. The summed E-state index contributed by atoms with van der Waals surface area (Å²) in [4.78, 5) is 18.1. The van der Waals surface area contributed by atoms with Gasteiger partial charge in [-0.3, -0.25) is 9.78 Å². The van der Waals surface area contributed by atoms with Gasteiger partial charge in [0.15, 0.2) is 0 Å². The maximum atomic E-state index is 12.1. The summed E-state index contributed by atoms with van der Waals surface area (Å²) < 4.78 is 0. The Morgan fingerprint density at radius 2 is 2.29 bits per heavy atom. The van der Waals surface area contributed by atoms with Crippen LogP contribution in [-0.4, -0.2) is 33.0 Å². The summed E-state index contributed by atoms with van der Waals surface area (Å²) in [5.74, 6) is -0.217. The molecule has 1 amide bonds. The predicted octanol–water partition coefficient (Wildman–Crippen LogP) is 1.52. The molecule has 0 bridgehead atoms. The normalized spacial score (nSPS) is 20.6. The van der Waals surface area contributed by atoms with Gasteiger partial charge in [0.2, 0.25) is 0 Å². The number of pyridine rings is 1. The zero-order valence-electron chi connectivity index (χ0n) is 10.3. The van der Waals surface area contributed by atoms with E-state index in [1.807, 2.05) is 18.2 Å². The molecule has 0 spiro atoms. The van der Waals surface area contributed by atoms with E-state index in [1.54, 1.807) is 11.1 Å². The molecule has 0 saturated carbocycles. The maximum Gasteiger partial charge on any atom is 0.254 e. The summed E-state index contributed by atoms with van der Waals surface area (Å²) in [6.07, 6.45) is 3.61. The first-order valence-electron chi connectivity index (χ1n) is 5.94. The fraction of sp³-hybridized carbons (Fsp3) is 0.538. The molecule has 0 aliphatic carbocycles. The van der Waals surface area contributed by atoms with E-state index in [4.69, 9.17) is 0 Å². The van der Waals surface area contributed by atoms with Gasteiger partial charge in [0.25, 0.3) is 5.91 Å². The molecular weight excluding hydrogens is 216 g/mol. The topological polar surface area (TPSA) is 53.4 Å². The zero-order chi connectivity index (χ0) is 12.5. The van der Waals surface area contributed by atoms with Gasteiger partial charge in [-0.05, 0) is 38.8 Å². The molecule has 1 aliphatic rings. The van der Waals surface area contributed by atoms with Crippen LogP contribution in [0.1, 0.15) is 38.4 Å². The average Bonchev–Trinajstić information content (AvgIpc) is 2.76. The SMILES string of the molecule is CC(C)(O)C(=O)N1CCC[C@H]1c1ccccn1. The molecule has 0 radical (unpaired) electrons. The Kier molecular flexibility index (Phi) is 3.15. The van der Waals surface area contributed by atoms with Crippen molar-refractivity contribution in [2.24, 2.45) is 0 Å². The standard InChI is InChI=1S/C13H18N2O2/c1-13(2,17)12(16)15-9-5-7-11(15)10-6-3-4-8-14-10/h3-4,6,8,11,17H,5,7,9H2,1-2H3/t11-/m0/s1. The number of carbonyl (C=O) groups is 1. The lowest BCUT2D eigenvalue weighted by Gasteiger charge is -2.29. The third-order valence-corrected chi connectivity index (χ3v) is 3.07. The van der Waals surface area contributed by atoms with Crippen LogP contribution in [0.3, 0.4) is 0 Å². The molecule has 0 aromatic carbocycles. The molecular formula is C13H18N2O2. The number of carbonyl (C=O) groups excluding carboxylic acids is 1. The van der Waals surface area contributed by atoms with Crippen LogP contribution in [0.5, 0.6) is 0 Å². The number of nitrogens with zero attached hydrogens (tertiary/aromatic N) is 2. The van der Waals surface area contributed by atoms with Gasteiger partial charge >= 0.3 is 0 Å². The molecule has 1 saturated heterocycles. The van der Waals surface area contributed by atoms with Gasteiger partial charge in [-0.15, -0.1) is 0 Å². The molecule has 17 heavy (non-hydrogen) atoms. The Bertz CT molecular complexity index is 398. The first-order chi connectivity index (χ1) is 8.00. The minimum atomic E-state index is -1.31. The summed E-state index contributed by atoms with van der Waals surface area (Å²) in [6.45, 7) is 3.76. The van der Waals surface area contributed by atoms with E-state index in [0.29, 0.717) is 6.54 Å². The second-order valence-electron chi connectivity index (χ2n) is 4.97. The highest BCUT2D eigenvalue weighted by Crippen LogP contribution is 2.32. The van der Waals surface area contributed by atoms with Crippen molar-refractivity contribution in [1.29, 1.82) is 0 Å². The Morgan fingerprint density at radius 1 is 1.53 bits per heavy atom. The molecule has 1 aromatic heterocycles. The van der Waals surface area contributed by atoms with Crippen LogP contribution in [0.4, 0.5) is 0 Å². The number of aliphatic hydroxyl groups is 1. The van der Waals surface area contributed by atoms with Gasteiger partial charge in [-0.1, -0.05) is 6.07 Å². The summed E-state index contributed by atoms with van der Waals surface area (Å²) >= 11 is 0. The predicted molar refractivity (Wildman–Crippen MR) is 64.2 cm³/mol. The van der Waals surface area contributed by atoms with Crippen molar-refractivity contribution in [2.75, 3.05) is 6.54 Å². The van der Waals surface area contributed by atoms with Gasteiger partial charge < -0.3 is 10.0 Å². The number of amides is 1. The Morgan fingerprint density at radius 3 is 2.88 bits per heavy atom. The molecule has 2 heterocycles. The third-order valence-electron chi connectivity index (χ3n) is 3.07. The minimum Gasteiger partial charge on any atom is -0.381 e. The first kappa shape index (κ1) is 12.0. The second-order valence-corrected chi connectivity index (χ2v) is 4.97. The van der Waals surface area contributed by atoms with Crippen molar-refractivity contribution in [1.82, 2.24) is 9.88 Å². The Hall–Kier alpha value is -1.42. The lowest BCUT2D eigenvalue weighted by Crippen LogP contribution is -2.44. The van der Waals surface area contributed by atoms with Crippen LogP contribution in [-0.2, 0) is 4.79 Å². The van der Waals surface area contributed by atoms with Crippen LogP contribution in [0.15, 0.2) is 24.4 Å². The van der Waals surface area contributed by atoms with Crippen molar-refractivity contribution in [3.8, 4) is 0 Å². The molecule has 4 nitrogen and oxygen atoms in total. The van der Waals surface area contributed by atoms with Gasteiger partial charge in [0.05, 0.1) is 11.7 Å². The van der Waals surface area contributed by atoms with E-state index in [1.165, 1.54) is 13.8 Å². The zero-order valence-corrected chi connectivity index (χ0v) is 10.3. The minimum absolute atomic E-state index is 0.00937. The lowest BCUT2D eigenvalue weighted by molar-refractivity contribution is -0.148. The highest BCUT2D eigenvalue weighted by atomic mass is 16.3. The molecule has 1 aliphatic heterocycles. The second kappa shape index (κ2) is 4.45. The summed E-state index contributed by atoms with van der Waals surface area (Å²) in [5.41, 5.74) is -0.403. The number of aromatic nitrogens is 1. The molecule has 1 aromatic rings. The fourth-order valence-corrected chi connectivity index (χ4v) is 2.24. The van der Waals surface area contributed by atoms with E-state index >= 15 is 0 Å². The summed E-state index contributed by atoms with van der Waals surface area (Å²) in [5, 5.41) is 9.80. The first-order valence-corrected chi connectivity index (χ1v) is 5.94. The average molecular weight is 234 g/mol. The third kappa shape index (κ3) is 2.47. The maximum absolute atomic E-state index is 12.1. The summed E-state index contributed by atoms with van der Waals surface area (Å²) in [7, 11) is 0. The smallest absolute Gasteiger partial charge is 0.254 e. The lowest BCUT2D eigenvalue weighted by atomic mass is 10.1. The van der Waals surface area contributed by atoms with Crippen molar-refractivity contribution < 1.29 is 9.90 Å². The largest absolute Gasteiger partial charge is 0.381 e. The number of rotatable bonds is 2. The van der Waals surface area contributed by atoms with E-state index in [9.17, 15) is 9.90 Å². The highest BCUT2D eigenvalue weighted by molar-refractivity contribution is 5.84. The van der Waals surface area contributed by atoms with Crippen molar-refractivity contribution in [3.05, 3.63) is 30.1 Å². The molecule has 2 rings (SSSR count). The van der Waals surface area contributed by atoms with E-state index < -0.39 is 5.60 Å². The number of hydrogen-bond acceptors (Lipinski definition) is 3. The monoisotopic (exact) mass is 234 g/mol. The van der Waals surface area contributed by atoms with Crippen molar-refractivity contribution in [3.63, 3.8) is 0 Å². The van der Waals surface area contributed by atoms with E-state index in [2.05, 4.69) is 4.98 Å². The van der Waals surface area contributed by atoms with Crippen LogP contribution in [0.25, 0.3) is 0 Å². The molecule has 4 heteroatoms. The fourth-order valence-electron chi connectivity index (χ4n) is 2.24. The highest BCUT2D eigenvalue weighted by Gasteiger charge is 2.37. The quantitative estimate of drug-likeness (QED) is 0.844. The van der Waals surface area contributed by atoms with Gasteiger partial charge in [-0.2, -0.15) is 0 Å². The van der Waals surface area contributed by atoms with Gasteiger partial charge in [0, 0.05) is 12.7 Å². The van der Waals surface area contributed by atoms with Crippen LogP contribution >= 0.6 is 0 Å². The number of hydrogen-bond donors (Lipinski definition) is 1. The van der Waals surface area contributed by atoms with Crippen LogP contribution in [0, 0.1) is 0 Å². The Balaban J connectivity index is 2.22. The summed E-state index contributed by atoms with van der Waals surface area (Å²) in [6, 6.07) is 5.73. The van der Waals surface area contributed by atoms with E-state index in [-0.39, 0.29) is 11.9 Å². The van der Waals surface area contributed by atoms with Crippen molar-refractivity contribution in [2.45, 2.75) is 38.3 Å². The van der Waals surface area contributed by atoms with Crippen LogP contribution in [0.2, 0.25) is 0 Å². The number of likely N-dealkylation sites (tertiary alicyclic amines) is 1.